The summed E-state index contributed by atoms with van der Waals surface area (Å²) in [4.78, 5) is 11.8. The number of carbonyl (C=O) groups is 1. The van der Waals surface area contributed by atoms with E-state index in [9.17, 15) is 9.18 Å². The molecule has 2 aromatic carbocycles. The van der Waals surface area contributed by atoms with Crippen LogP contribution in [0.15, 0.2) is 42.5 Å². The predicted octanol–water partition coefficient (Wildman–Crippen LogP) is 3.19. The van der Waals surface area contributed by atoms with Gasteiger partial charge < -0.3 is 14.8 Å². The summed E-state index contributed by atoms with van der Waals surface area (Å²) in [6.07, 6.45) is 3.15. The largest absolute Gasteiger partial charge is 0.454 e. The van der Waals surface area contributed by atoms with Gasteiger partial charge >= 0.3 is 0 Å². The molecule has 0 radical (unpaired) electrons. The van der Waals surface area contributed by atoms with Gasteiger partial charge in [0, 0.05) is 12.6 Å². The number of hydrogen-bond donors (Lipinski definition) is 1. The van der Waals surface area contributed by atoms with Crippen LogP contribution in [0.5, 0.6) is 11.5 Å². The van der Waals surface area contributed by atoms with Gasteiger partial charge in [-0.3, -0.25) is 4.79 Å². The Hall–Kier alpha value is -2.82. The Bertz CT molecular complexity index is 771. The van der Waals surface area contributed by atoms with Crippen molar-refractivity contribution in [2.45, 2.75) is 13.5 Å². The monoisotopic (exact) mass is 313 g/mol. The molecule has 1 heterocycles. The number of amides is 1. The highest BCUT2D eigenvalue weighted by Crippen LogP contribution is 2.32. The van der Waals surface area contributed by atoms with Crippen molar-refractivity contribution in [2.24, 2.45) is 0 Å². The molecule has 0 aromatic heterocycles. The Kier molecular flexibility index (Phi) is 4.28. The van der Waals surface area contributed by atoms with Crippen molar-refractivity contribution in [1.82, 2.24) is 5.32 Å². The lowest BCUT2D eigenvalue weighted by Crippen LogP contribution is -2.20. The molecular formula is C18H16FNO3. The Morgan fingerprint density at radius 1 is 1.22 bits per heavy atom. The molecule has 23 heavy (non-hydrogen) atoms. The van der Waals surface area contributed by atoms with E-state index in [2.05, 4.69) is 5.32 Å². The first-order chi connectivity index (χ1) is 11.1. The molecule has 1 amide bonds. The highest BCUT2D eigenvalue weighted by atomic mass is 19.1. The third-order valence-corrected chi connectivity index (χ3v) is 3.51. The third kappa shape index (κ3) is 3.69. The molecule has 1 aliphatic heterocycles. The molecule has 0 saturated heterocycles. The lowest BCUT2D eigenvalue weighted by Gasteiger charge is -2.04. The number of nitrogens with one attached hydrogen (secondary N) is 1. The van der Waals surface area contributed by atoms with Crippen LogP contribution in [0.3, 0.4) is 0 Å². The highest BCUT2D eigenvalue weighted by Gasteiger charge is 2.12. The number of fused-ring (bicyclic) bond motifs is 1. The number of aryl methyl sites for hydroxylation is 1. The van der Waals surface area contributed by atoms with Crippen LogP contribution in [0.4, 0.5) is 4.39 Å². The normalized spacial score (nSPS) is 12.6. The lowest BCUT2D eigenvalue weighted by molar-refractivity contribution is -0.116. The maximum Gasteiger partial charge on any atom is 0.244 e. The Balaban J connectivity index is 1.57. The fraction of sp³-hybridized carbons (Fsp3) is 0.167. The van der Waals surface area contributed by atoms with E-state index in [1.165, 1.54) is 12.1 Å². The van der Waals surface area contributed by atoms with Crippen LogP contribution in [-0.2, 0) is 11.3 Å². The van der Waals surface area contributed by atoms with E-state index < -0.39 is 0 Å². The molecule has 0 aliphatic carbocycles. The molecule has 0 fully saturated rings. The van der Waals surface area contributed by atoms with Crippen molar-refractivity contribution in [1.29, 1.82) is 0 Å². The quantitative estimate of drug-likeness (QED) is 0.882. The average Bonchev–Trinajstić information content (AvgIpc) is 3.01. The van der Waals surface area contributed by atoms with E-state index in [-0.39, 0.29) is 18.5 Å². The van der Waals surface area contributed by atoms with E-state index in [0.29, 0.717) is 23.6 Å². The number of ether oxygens (including phenoxy) is 2. The van der Waals surface area contributed by atoms with Gasteiger partial charge in [-0.1, -0.05) is 18.2 Å². The van der Waals surface area contributed by atoms with Crippen molar-refractivity contribution < 1.29 is 18.7 Å². The van der Waals surface area contributed by atoms with Crippen LogP contribution in [0.1, 0.15) is 16.7 Å². The van der Waals surface area contributed by atoms with Crippen molar-refractivity contribution >= 4 is 12.0 Å². The fourth-order valence-corrected chi connectivity index (χ4v) is 2.25. The maximum absolute atomic E-state index is 13.2. The second kappa shape index (κ2) is 6.52. The molecule has 0 saturated carbocycles. The molecule has 3 rings (SSSR count). The van der Waals surface area contributed by atoms with Crippen LogP contribution in [0.25, 0.3) is 6.08 Å². The van der Waals surface area contributed by atoms with Gasteiger partial charge in [0.15, 0.2) is 11.5 Å². The molecule has 0 bridgehead atoms. The zero-order chi connectivity index (χ0) is 16.2. The summed E-state index contributed by atoms with van der Waals surface area (Å²) >= 11 is 0. The van der Waals surface area contributed by atoms with Gasteiger partial charge in [-0.05, 0) is 47.9 Å². The summed E-state index contributed by atoms with van der Waals surface area (Å²) < 4.78 is 23.7. The summed E-state index contributed by atoms with van der Waals surface area (Å²) in [5, 5.41) is 2.76. The first-order valence-electron chi connectivity index (χ1n) is 7.22. The van der Waals surface area contributed by atoms with Gasteiger partial charge in [0.1, 0.15) is 5.82 Å². The zero-order valence-corrected chi connectivity index (χ0v) is 12.6. The van der Waals surface area contributed by atoms with Gasteiger partial charge in [0.05, 0.1) is 0 Å². The first-order valence-corrected chi connectivity index (χ1v) is 7.22. The number of carbonyl (C=O) groups excluding carboxylic acids is 1. The highest BCUT2D eigenvalue weighted by molar-refractivity contribution is 5.91. The number of hydrogen-bond acceptors (Lipinski definition) is 3. The standard InChI is InChI=1S/C18H16FNO3/c1-12-8-14(2-5-15(12)19)10-20-18(21)7-4-13-3-6-16-17(9-13)23-11-22-16/h2-9H,10-11H2,1H3,(H,20,21)/b7-4+. The summed E-state index contributed by atoms with van der Waals surface area (Å²) in [6.45, 7) is 2.27. The van der Waals surface area contributed by atoms with E-state index in [0.717, 1.165) is 11.1 Å². The minimum Gasteiger partial charge on any atom is -0.454 e. The van der Waals surface area contributed by atoms with Gasteiger partial charge in [0.2, 0.25) is 12.7 Å². The second-order valence-electron chi connectivity index (χ2n) is 5.25. The summed E-state index contributed by atoms with van der Waals surface area (Å²) in [5.41, 5.74) is 2.27. The van der Waals surface area contributed by atoms with E-state index in [1.54, 1.807) is 31.2 Å². The van der Waals surface area contributed by atoms with Crippen molar-refractivity contribution in [2.75, 3.05) is 6.79 Å². The molecule has 1 N–H and O–H groups in total. The molecule has 1 aliphatic rings. The van der Waals surface area contributed by atoms with Gasteiger partial charge in [-0.25, -0.2) is 4.39 Å². The van der Waals surface area contributed by atoms with E-state index in [1.807, 2.05) is 12.1 Å². The molecule has 2 aromatic rings. The average molecular weight is 313 g/mol. The molecule has 0 spiro atoms. The number of benzene rings is 2. The van der Waals surface area contributed by atoms with Crippen LogP contribution in [0.2, 0.25) is 0 Å². The number of rotatable bonds is 4. The van der Waals surface area contributed by atoms with Crippen LogP contribution >= 0.6 is 0 Å². The van der Waals surface area contributed by atoms with Gasteiger partial charge in [-0.2, -0.15) is 0 Å². The zero-order valence-electron chi connectivity index (χ0n) is 12.6. The topological polar surface area (TPSA) is 47.6 Å². The lowest BCUT2D eigenvalue weighted by atomic mass is 10.1. The predicted molar refractivity (Wildman–Crippen MR) is 84.6 cm³/mol. The smallest absolute Gasteiger partial charge is 0.244 e. The number of halogens is 1. The van der Waals surface area contributed by atoms with Crippen molar-refractivity contribution in [3.8, 4) is 11.5 Å². The molecular weight excluding hydrogens is 297 g/mol. The Labute approximate surface area is 133 Å². The SMILES string of the molecule is Cc1cc(CNC(=O)/C=C/c2ccc3c(c2)OCO3)ccc1F. The molecule has 5 heteroatoms. The van der Waals surface area contributed by atoms with Gasteiger partial charge in [0.25, 0.3) is 0 Å². The van der Waals surface area contributed by atoms with Crippen LogP contribution in [-0.4, -0.2) is 12.7 Å². The molecule has 4 nitrogen and oxygen atoms in total. The third-order valence-electron chi connectivity index (χ3n) is 3.51. The maximum atomic E-state index is 13.2. The molecule has 118 valence electrons. The summed E-state index contributed by atoms with van der Waals surface area (Å²) in [5.74, 6) is 0.917. The minimum atomic E-state index is -0.247. The summed E-state index contributed by atoms with van der Waals surface area (Å²) in [6, 6.07) is 10.2. The minimum absolute atomic E-state index is 0.218. The molecule has 0 unspecified atom stereocenters. The Morgan fingerprint density at radius 3 is 2.87 bits per heavy atom. The summed E-state index contributed by atoms with van der Waals surface area (Å²) in [7, 11) is 0. The fourth-order valence-electron chi connectivity index (χ4n) is 2.25. The van der Waals surface area contributed by atoms with Crippen LogP contribution in [0, 0.1) is 12.7 Å². The van der Waals surface area contributed by atoms with E-state index >= 15 is 0 Å². The van der Waals surface area contributed by atoms with Crippen LogP contribution < -0.4 is 14.8 Å². The Morgan fingerprint density at radius 2 is 2.04 bits per heavy atom. The van der Waals surface area contributed by atoms with E-state index in [4.69, 9.17) is 9.47 Å². The van der Waals surface area contributed by atoms with Crippen molar-refractivity contribution in [3.05, 3.63) is 65.0 Å². The second-order valence-corrected chi connectivity index (χ2v) is 5.25. The van der Waals surface area contributed by atoms with Gasteiger partial charge in [-0.15, -0.1) is 0 Å². The molecule has 0 atom stereocenters. The first kappa shape index (κ1) is 15.1. The van der Waals surface area contributed by atoms with Crippen molar-refractivity contribution in [3.63, 3.8) is 0 Å².